The number of carboxylic acid groups (broad SMARTS) is 1. The maximum absolute atomic E-state index is 11.2. The summed E-state index contributed by atoms with van der Waals surface area (Å²) in [7, 11) is 0. The number of aromatic nitrogens is 1. The summed E-state index contributed by atoms with van der Waals surface area (Å²) in [5, 5.41) is 11.1. The number of hydrogen-bond acceptors (Lipinski definition) is 3. The Morgan fingerprint density at radius 1 is 1.43 bits per heavy atom. The van der Waals surface area contributed by atoms with Gasteiger partial charge in [0.05, 0.1) is 11.6 Å². The zero-order chi connectivity index (χ0) is 15.4. The van der Waals surface area contributed by atoms with E-state index in [0.717, 1.165) is 21.8 Å². The summed E-state index contributed by atoms with van der Waals surface area (Å²) in [5.74, 6) is -1.41. The number of para-hydroxylation sites is 1. The quantitative estimate of drug-likeness (QED) is 0.859. The summed E-state index contributed by atoms with van der Waals surface area (Å²) in [4.78, 5) is 16.6. The number of allylic oxidation sites excluding steroid dienone is 1. The summed E-state index contributed by atoms with van der Waals surface area (Å²) in [5.41, 5.74) is 2.57. The number of nitrogens with zero attached hydrogens (tertiary/aromatic N) is 2. The van der Waals surface area contributed by atoms with Crippen molar-refractivity contribution in [3.05, 3.63) is 58.4 Å². The average molecular weight is 302 g/mol. The van der Waals surface area contributed by atoms with Crippen LogP contribution in [-0.4, -0.2) is 15.6 Å². The highest BCUT2D eigenvalue weighted by molar-refractivity contribution is 7.07. The Hall–Kier alpha value is -2.14. The molecule has 1 unspecified atom stereocenters. The molecular weight excluding hydrogens is 284 g/mol. The second-order valence-corrected chi connectivity index (χ2v) is 5.83. The molecule has 21 heavy (non-hydrogen) atoms. The molecular formula is C16H18N2O2S. The van der Waals surface area contributed by atoms with Gasteiger partial charge < -0.3 is 9.67 Å². The van der Waals surface area contributed by atoms with Crippen molar-refractivity contribution in [3.8, 4) is 0 Å². The van der Waals surface area contributed by atoms with Gasteiger partial charge in [-0.3, -0.25) is 4.79 Å². The van der Waals surface area contributed by atoms with E-state index in [9.17, 15) is 9.90 Å². The van der Waals surface area contributed by atoms with Gasteiger partial charge in [-0.25, -0.2) is 4.99 Å². The fourth-order valence-electron chi connectivity index (χ4n) is 1.94. The summed E-state index contributed by atoms with van der Waals surface area (Å²) < 4.78 is 1.93. The molecule has 0 saturated carbocycles. The number of rotatable bonds is 5. The highest BCUT2D eigenvalue weighted by Gasteiger charge is 2.19. The van der Waals surface area contributed by atoms with Gasteiger partial charge in [0.2, 0.25) is 0 Å². The van der Waals surface area contributed by atoms with Crippen molar-refractivity contribution < 1.29 is 9.90 Å². The van der Waals surface area contributed by atoms with E-state index in [1.807, 2.05) is 47.2 Å². The smallest absolute Gasteiger partial charge is 0.312 e. The third-order valence-electron chi connectivity index (χ3n) is 3.05. The zero-order valence-electron chi connectivity index (χ0n) is 12.1. The minimum Gasteiger partial charge on any atom is -0.481 e. The topological polar surface area (TPSA) is 54.6 Å². The molecule has 0 radical (unpaired) electrons. The Morgan fingerprint density at radius 2 is 2.10 bits per heavy atom. The van der Waals surface area contributed by atoms with E-state index in [-0.39, 0.29) is 0 Å². The van der Waals surface area contributed by atoms with Crippen molar-refractivity contribution in [1.29, 1.82) is 0 Å². The molecule has 0 saturated heterocycles. The zero-order valence-corrected chi connectivity index (χ0v) is 12.9. The molecule has 4 nitrogen and oxygen atoms in total. The molecule has 2 rings (SSSR count). The molecule has 1 aromatic carbocycles. The van der Waals surface area contributed by atoms with Crippen LogP contribution in [0.2, 0.25) is 0 Å². The molecule has 2 aromatic rings. The maximum atomic E-state index is 11.2. The van der Waals surface area contributed by atoms with Crippen LogP contribution in [0.25, 0.3) is 0 Å². The van der Waals surface area contributed by atoms with E-state index in [2.05, 4.69) is 11.6 Å². The molecule has 1 atom stereocenters. The lowest BCUT2D eigenvalue weighted by molar-refractivity contribution is -0.138. The predicted octanol–water partition coefficient (Wildman–Crippen LogP) is 3.55. The molecule has 0 amide bonds. The van der Waals surface area contributed by atoms with Gasteiger partial charge in [0.1, 0.15) is 0 Å². The van der Waals surface area contributed by atoms with E-state index in [0.29, 0.717) is 6.54 Å². The standard InChI is InChI=1S/C16H18N2O2S/c1-11(2)9-18-14(12(3)15(19)20)10-21-16(18)17-13-7-5-4-6-8-13/h4-8,10,12H,1,9H2,2-3H3,(H,19,20)/b17-16+. The van der Waals surface area contributed by atoms with Crippen molar-refractivity contribution in [2.24, 2.45) is 4.99 Å². The summed E-state index contributed by atoms with van der Waals surface area (Å²) >= 11 is 1.45. The second kappa shape index (κ2) is 6.54. The molecule has 0 bridgehead atoms. The van der Waals surface area contributed by atoms with Crippen LogP contribution < -0.4 is 4.80 Å². The fourth-order valence-corrected chi connectivity index (χ4v) is 2.95. The Morgan fingerprint density at radius 3 is 2.67 bits per heavy atom. The van der Waals surface area contributed by atoms with Gasteiger partial charge in [-0.05, 0) is 26.0 Å². The summed E-state index contributed by atoms with van der Waals surface area (Å²) in [6.07, 6.45) is 0. The summed E-state index contributed by atoms with van der Waals surface area (Å²) in [6.45, 7) is 8.10. The van der Waals surface area contributed by atoms with Gasteiger partial charge in [0.15, 0.2) is 4.80 Å². The van der Waals surface area contributed by atoms with Crippen molar-refractivity contribution >= 4 is 23.0 Å². The molecule has 0 spiro atoms. The lowest BCUT2D eigenvalue weighted by Crippen LogP contribution is -2.21. The third kappa shape index (κ3) is 3.70. The van der Waals surface area contributed by atoms with Gasteiger partial charge >= 0.3 is 5.97 Å². The Kier molecular flexibility index (Phi) is 4.75. The van der Waals surface area contributed by atoms with Gasteiger partial charge in [-0.15, -0.1) is 11.3 Å². The fraction of sp³-hybridized carbons (Fsp3) is 0.250. The first-order valence-electron chi connectivity index (χ1n) is 6.64. The number of carbonyl (C=O) groups is 1. The molecule has 0 aliphatic heterocycles. The van der Waals surface area contributed by atoms with Gasteiger partial charge in [0, 0.05) is 17.6 Å². The SMILES string of the molecule is C=C(C)Cn1c(C(C)C(=O)O)cs/c1=N/c1ccccc1. The first-order valence-corrected chi connectivity index (χ1v) is 7.52. The van der Waals surface area contributed by atoms with E-state index in [1.165, 1.54) is 11.3 Å². The van der Waals surface area contributed by atoms with Crippen LogP contribution in [0.5, 0.6) is 0 Å². The first-order chi connectivity index (χ1) is 9.99. The van der Waals surface area contributed by atoms with Crippen LogP contribution in [0.15, 0.2) is 52.9 Å². The highest BCUT2D eigenvalue weighted by Crippen LogP contribution is 2.18. The normalized spacial score (nSPS) is 13.1. The average Bonchev–Trinajstić information content (AvgIpc) is 2.81. The van der Waals surface area contributed by atoms with E-state index >= 15 is 0 Å². The molecule has 110 valence electrons. The minimum absolute atomic E-state index is 0.569. The molecule has 1 aromatic heterocycles. The van der Waals surface area contributed by atoms with Crippen LogP contribution in [0, 0.1) is 0 Å². The van der Waals surface area contributed by atoms with Crippen LogP contribution in [0.4, 0.5) is 5.69 Å². The third-order valence-corrected chi connectivity index (χ3v) is 3.93. The summed E-state index contributed by atoms with van der Waals surface area (Å²) in [6, 6.07) is 9.64. The molecule has 0 fully saturated rings. The van der Waals surface area contributed by atoms with Crippen molar-refractivity contribution in [1.82, 2.24) is 4.57 Å². The molecule has 0 aliphatic rings. The van der Waals surface area contributed by atoms with Gasteiger partial charge in [-0.1, -0.05) is 30.4 Å². The number of benzene rings is 1. The number of aliphatic carboxylic acids is 1. The van der Waals surface area contributed by atoms with E-state index in [1.54, 1.807) is 6.92 Å². The van der Waals surface area contributed by atoms with E-state index < -0.39 is 11.9 Å². The van der Waals surface area contributed by atoms with Crippen molar-refractivity contribution in [2.75, 3.05) is 0 Å². The van der Waals surface area contributed by atoms with Crippen LogP contribution in [0.1, 0.15) is 25.5 Å². The van der Waals surface area contributed by atoms with Crippen molar-refractivity contribution in [2.45, 2.75) is 26.3 Å². The second-order valence-electron chi connectivity index (χ2n) is 4.99. The lowest BCUT2D eigenvalue weighted by Gasteiger charge is -2.11. The number of thiazole rings is 1. The molecule has 0 aliphatic carbocycles. The Labute approximate surface area is 127 Å². The highest BCUT2D eigenvalue weighted by atomic mass is 32.1. The molecule has 5 heteroatoms. The largest absolute Gasteiger partial charge is 0.481 e. The van der Waals surface area contributed by atoms with Gasteiger partial charge in [-0.2, -0.15) is 0 Å². The maximum Gasteiger partial charge on any atom is 0.312 e. The minimum atomic E-state index is -0.838. The van der Waals surface area contributed by atoms with Crippen molar-refractivity contribution in [3.63, 3.8) is 0 Å². The first kappa shape index (κ1) is 15.3. The Balaban J connectivity index is 2.54. The van der Waals surface area contributed by atoms with E-state index in [4.69, 9.17) is 0 Å². The lowest BCUT2D eigenvalue weighted by atomic mass is 10.1. The van der Waals surface area contributed by atoms with Crippen LogP contribution in [0.3, 0.4) is 0 Å². The number of hydrogen-bond donors (Lipinski definition) is 1. The van der Waals surface area contributed by atoms with Crippen LogP contribution >= 0.6 is 11.3 Å². The van der Waals surface area contributed by atoms with Gasteiger partial charge in [0.25, 0.3) is 0 Å². The van der Waals surface area contributed by atoms with Crippen LogP contribution in [-0.2, 0) is 11.3 Å². The Bertz CT molecular complexity index is 713. The number of carboxylic acids is 1. The predicted molar refractivity (Wildman–Crippen MR) is 84.8 cm³/mol. The molecule has 1 heterocycles. The monoisotopic (exact) mass is 302 g/mol. The molecule has 1 N–H and O–H groups in total.